The summed E-state index contributed by atoms with van der Waals surface area (Å²) < 4.78 is 10.5. The molecule has 128 valence electrons. The molecule has 1 saturated heterocycles. The first-order chi connectivity index (χ1) is 11.7. The van der Waals surface area contributed by atoms with E-state index in [-0.39, 0.29) is 5.91 Å². The van der Waals surface area contributed by atoms with Crippen molar-refractivity contribution in [2.45, 2.75) is 18.9 Å². The number of anilines is 1. The van der Waals surface area contributed by atoms with Gasteiger partial charge in [-0.15, -0.1) is 11.3 Å². The van der Waals surface area contributed by atoms with Gasteiger partial charge in [0, 0.05) is 18.9 Å². The predicted molar refractivity (Wildman–Crippen MR) is 95.2 cm³/mol. The van der Waals surface area contributed by atoms with Crippen LogP contribution < -0.4 is 19.7 Å². The summed E-state index contributed by atoms with van der Waals surface area (Å²) >= 11 is 1.78. The number of hydrogen-bond donors (Lipinski definition) is 2. The van der Waals surface area contributed by atoms with Gasteiger partial charge in [-0.25, -0.2) is 0 Å². The number of thiophene rings is 1. The number of benzene rings is 1. The van der Waals surface area contributed by atoms with Crippen LogP contribution in [0.2, 0.25) is 0 Å². The molecule has 0 bridgehead atoms. The molecule has 0 saturated carbocycles. The number of quaternary nitrogens is 1. The van der Waals surface area contributed by atoms with E-state index in [1.165, 1.54) is 9.78 Å². The number of rotatable bonds is 6. The van der Waals surface area contributed by atoms with Gasteiger partial charge in [0.15, 0.2) is 6.54 Å². The van der Waals surface area contributed by atoms with Crippen molar-refractivity contribution < 1.29 is 19.2 Å². The monoisotopic (exact) mass is 347 g/mol. The first-order valence-corrected chi connectivity index (χ1v) is 8.99. The third-order valence-corrected chi connectivity index (χ3v) is 5.42. The lowest BCUT2D eigenvalue weighted by molar-refractivity contribution is -0.910. The fraction of sp³-hybridized carbons (Fsp3) is 0.389. The Balaban J connectivity index is 1.67. The Morgan fingerprint density at radius 3 is 2.92 bits per heavy atom. The summed E-state index contributed by atoms with van der Waals surface area (Å²) in [6.07, 6.45) is 2.30. The molecule has 0 aliphatic carbocycles. The fourth-order valence-electron chi connectivity index (χ4n) is 3.27. The molecule has 1 aliphatic heterocycles. The summed E-state index contributed by atoms with van der Waals surface area (Å²) in [6, 6.07) is 10.1. The average Bonchev–Trinajstić information content (AvgIpc) is 3.25. The second-order valence-electron chi connectivity index (χ2n) is 5.91. The van der Waals surface area contributed by atoms with Crippen LogP contribution in [0.15, 0.2) is 35.7 Å². The normalized spacial score (nSPS) is 19.9. The summed E-state index contributed by atoms with van der Waals surface area (Å²) in [4.78, 5) is 15.2. The molecule has 1 unspecified atom stereocenters. The molecule has 1 aliphatic rings. The number of carbonyl (C=O) groups excluding carboxylic acids is 1. The SMILES string of the molecule is COc1ccc(OC)c(NC(=O)C[NH+]2CCC[C@H]2c2cccs2)c1. The van der Waals surface area contributed by atoms with Gasteiger partial charge in [0.2, 0.25) is 0 Å². The Kier molecular flexibility index (Phi) is 5.37. The van der Waals surface area contributed by atoms with Gasteiger partial charge in [-0.1, -0.05) is 6.07 Å². The van der Waals surface area contributed by atoms with E-state index >= 15 is 0 Å². The molecule has 1 aromatic heterocycles. The largest absolute Gasteiger partial charge is 0.497 e. The van der Waals surface area contributed by atoms with Crippen molar-refractivity contribution >= 4 is 22.9 Å². The van der Waals surface area contributed by atoms with Crippen molar-refractivity contribution in [3.63, 3.8) is 0 Å². The highest BCUT2D eigenvalue weighted by molar-refractivity contribution is 7.10. The Morgan fingerprint density at radius 2 is 2.21 bits per heavy atom. The third kappa shape index (κ3) is 3.71. The number of nitrogens with one attached hydrogen (secondary N) is 2. The Labute approximate surface area is 146 Å². The van der Waals surface area contributed by atoms with Gasteiger partial charge in [-0.05, 0) is 23.6 Å². The lowest BCUT2D eigenvalue weighted by Crippen LogP contribution is -3.11. The van der Waals surface area contributed by atoms with Gasteiger partial charge >= 0.3 is 0 Å². The van der Waals surface area contributed by atoms with Gasteiger partial charge in [0.1, 0.15) is 17.5 Å². The number of likely N-dealkylation sites (tertiary alicyclic amines) is 1. The molecule has 6 heteroatoms. The van der Waals surface area contributed by atoms with Crippen LogP contribution in [0.5, 0.6) is 11.5 Å². The number of ether oxygens (including phenoxy) is 2. The summed E-state index contributed by atoms with van der Waals surface area (Å²) in [7, 11) is 3.20. The van der Waals surface area contributed by atoms with E-state index in [2.05, 4.69) is 22.8 Å². The molecular formula is C18H23N2O3S+. The minimum atomic E-state index is 0.00000850. The third-order valence-electron chi connectivity index (χ3n) is 4.44. The number of methoxy groups -OCH3 is 2. The molecule has 1 fully saturated rings. The van der Waals surface area contributed by atoms with Crippen LogP contribution in [0.4, 0.5) is 5.69 Å². The highest BCUT2D eigenvalue weighted by Gasteiger charge is 2.32. The van der Waals surface area contributed by atoms with Crippen molar-refractivity contribution in [1.29, 1.82) is 0 Å². The molecule has 24 heavy (non-hydrogen) atoms. The number of amides is 1. The summed E-state index contributed by atoms with van der Waals surface area (Å²) in [5.74, 6) is 1.33. The molecular weight excluding hydrogens is 324 g/mol. The maximum Gasteiger partial charge on any atom is 0.279 e. The quantitative estimate of drug-likeness (QED) is 0.842. The van der Waals surface area contributed by atoms with Crippen LogP contribution >= 0.6 is 11.3 Å². The molecule has 0 spiro atoms. The van der Waals surface area contributed by atoms with Crippen LogP contribution in [0.3, 0.4) is 0 Å². The van der Waals surface area contributed by atoms with Gasteiger partial charge in [-0.2, -0.15) is 0 Å². The van der Waals surface area contributed by atoms with E-state index in [1.807, 2.05) is 6.07 Å². The molecule has 2 atom stereocenters. The van der Waals surface area contributed by atoms with E-state index in [1.54, 1.807) is 37.7 Å². The second kappa shape index (κ2) is 7.68. The van der Waals surface area contributed by atoms with E-state index in [0.717, 1.165) is 19.4 Å². The lowest BCUT2D eigenvalue weighted by Gasteiger charge is -2.20. The standard InChI is InChI=1S/C18H22N2O3S/c1-22-13-7-8-16(23-2)14(11-13)19-18(21)12-20-9-3-5-15(20)17-6-4-10-24-17/h4,6-8,10-11,15H,3,5,9,12H2,1-2H3,(H,19,21)/p+1/t15-/m0/s1. The van der Waals surface area contributed by atoms with Crippen molar-refractivity contribution in [2.24, 2.45) is 0 Å². The first-order valence-electron chi connectivity index (χ1n) is 8.11. The van der Waals surface area contributed by atoms with Crippen LogP contribution in [0, 0.1) is 0 Å². The molecule has 3 rings (SSSR count). The Morgan fingerprint density at radius 1 is 1.33 bits per heavy atom. The van der Waals surface area contributed by atoms with Crippen LogP contribution in [-0.4, -0.2) is 33.2 Å². The molecule has 1 aromatic carbocycles. The molecule has 5 nitrogen and oxygen atoms in total. The van der Waals surface area contributed by atoms with E-state index in [9.17, 15) is 4.79 Å². The lowest BCUT2D eigenvalue weighted by atomic mass is 10.2. The zero-order chi connectivity index (χ0) is 16.9. The van der Waals surface area contributed by atoms with Gasteiger partial charge in [-0.3, -0.25) is 4.79 Å². The van der Waals surface area contributed by atoms with Gasteiger partial charge in [0.05, 0.1) is 31.3 Å². The van der Waals surface area contributed by atoms with Crippen molar-refractivity contribution in [3.8, 4) is 11.5 Å². The maximum absolute atomic E-state index is 12.5. The van der Waals surface area contributed by atoms with E-state index in [0.29, 0.717) is 29.8 Å². The van der Waals surface area contributed by atoms with Crippen LogP contribution in [0.1, 0.15) is 23.8 Å². The Bertz CT molecular complexity index is 688. The topological polar surface area (TPSA) is 52.0 Å². The van der Waals surface area contributed by atoms with Crippen molar-refractivity contribution in [1.82, 2.24) is 0 Å². The Hall–Kier alpha value is -2.05. The molecule has 2 N–H and O–H groups in total. The average molecular weight is 347 g/mol. The molecule has 2 aromatic rings. The van der Waals surface area contributed by atoms with E-state index < -0.39 is 0 Å². The van der Waals surface area contributed by atoms with Gasteiger partial charge in [0.25, 0.3) is 5.91 Å². The van der Waals surface area contributed by atoms with Crippen molar-refractivity contribution in [2.75, 3.05) is 32.6 Å². The summed E-state index contributed by atoms with van der Waals surface area (Å²) in [5.41, 5.74) is 0.646. The number of hydrogen-bond acceptors (Lipinski definition) is 4. The molecule has 0 radical (unpaired) electrons. The van der Waals surface area contributed by atoms with Gasteiger partial charge < -0.3 is 19.7 Å². The highest BCUT2D eigenvalue weighted by Crippen LogP contribution is 2.29. The maximum atomic E-state index is 12.5. The van der Waals surface area contributed by atoms with Crippen molar-refractivity contribution in [3.05, 3.63) is 40.6 Å². The predicted octanol–water partition coefficient (Wildman–Crippen LogP) is 2.12. The minimum Gasteiger partial charge on any atom is -0.497 e. The summed E-state index contributed by atoms with van der Waals surface area (Å²) in [5, 5.41) is 5.07. The van der Waals surface area contributed by atoms with Crippen LogP contribution in [-0.2, 0) is 4.79 Å². The number of carbonyl (C=O) groups is 1. The van der Waals surface area contributed by atoms with Crippen LogP contribution in [0.25, 0.3) is 0 Å². The highest BCUT2D eigenvalue weighted by atomic mass is 32.1. The first kappa shape index (κ1) is 16.8. The second-order valence-corrected chi connectivity index (χ2v) is 6.89. The van der Waals surface area contributed by atoms with E-state index in [4.69, 9.17) is 9.47 Å². The molecule has 1 amide bonds. The zero-order valence-corrected chi connectivity index (χ0v) is 14.8. The molecule has 2 heterocycles. The smallest absolute Gasteiger partial charge is 0.279 e. The minimum absolute atomic E-state index is 0.00000850. The summed E-state index contributed by atoms with van der Waals surface area (Å²) in [6.45, 7) is 1.49. The zero-order valence-electron chi connectivity index (χ0n) is 14.0. The fourth-order valence-corrected chi connectivity index (χ4v) is 4.19.